The number of nitrogens with zero attached hydrogens (tertiary/aromatic N) is 2. The minimum atomic E-state index is 0.798. The lowest BCUT2D eigenvalue weighted by Crippen LogP contribution is -1.93. The first kappa shape index (κ1) is 9.48. The lowest BCUT2D eigenvalue weighted by atomic mass is 10.7. The van der Waals surface area contributed by atoms with Gasteiger partial charge in [-0.25, -0.2) is 4.98 Å². The molecule has 0 aliphatic heterocycles. The molecule has 14 heavy (non-hydrogen) atoms. The first-order valence-electron chi connectivity index (χ1n) is 4.09. The Morgan fingerprint density at radius 2 is 2.36 bits per heavy atom. The predicted octanol–water partition coefficient (Wildman–Crippen LogP) is 2.73. The lowest BCUT2D eigenvalue weighted by molar-refractivity contribution is 1.05. The molecule has 0 atom stereocenters. The van der Waals surface area contributed by atoms with Crippen LogP contribution in [0.2, 0.25) is 0 Å². The van der Waals surface area contributed by atoms with Crippen LogP contribution >= 0.6 is 23.1 Å². The molecule has 72 valence electrons. The SMILES string of the molecule is CNc1cncc(Sc2cccs2)n1. The maximum atomic E-state index is 4.36. The van der Waals surface area contributed by atoms with E-state index in [1.807, 2.05) is 13.1 Å². The summed E-state index contributed by atoms with van der Waals surface area (Å²) in [4.78, 5) is 8.46. The molecule has 2 aromatic heterocycles. The molecule has 0 aliphatic rings. The van der Waals surface area contributed by atoms with Gasteiger partial charge in [-0.15, -0.1) is 11.3 Å². The Kier molecular flexibility index (Phi) is 3.00. The summed E-state index contributed by atoms with van der Waals surface area (Å²) in [6.45, 7) is 0. The molecule has 2 aromatic rings. The molecule has 0 spiro atoms. The van der Waals surface area contributed by atoms with Crippen molar-refractivity contribution in [1.29, 1.82) is 0 Å². The Morgan fingerprint density at radius 3 is 3.07 bits per heavy atom. The van der Waals surface area contributed by atoms with E-state index in [0.717, 1.165) is 10.8 Å². The summed E-state index contributed by atoms with van der Waals surface area (Å²) >= 11 is 3.33. The van der Waals surface area contributed by atoms with Gasteiger partial charge in [0.25, 0.3) is 0 Å². The maximum absolute atomic E-state index is 4.36. The zero-order chi connectivity index (χ0) is 9.80. The van der Waals surface area contributed by atoms with Gasteiger partial charge in [0.05, 0.1) is 16.6 Å². The summed E-state index contributed by atoms with van der Waals surface area (Å²) in [6.07, 6.45) is 3.48. The number of hydrogen-bond donors (Lipinski definition) is 1. The van der Waals surface area contributed by atoms with Crippen molar-refractivity contribution in [2.45, 2.75) is 9.24 Å². The van der Waals surface area contributed by atoms with Crippen LogP contribution in [0.5, 0.6) is 0 Å². The Labute approximate surface area is 90.6 Å². The molecule has 5 heteroatoms. The third-order valence-corrected chi connectivity index (χ3v) is 3.51. The molecule has 0 bridgehead atoms. The highest BCUT2D eigenvalue weighted by Crippen LogP contribution is 2.29. The van der Waals surface area contributed by atoms with Gasteiger partial charge < -0.3 is 5.32 Å². The van der Waals surface area contributed by atoms with Crippen LogP contribution in [-0.2, 0) is 0 Å². The second-order valence-electron chi connectivity index (χ2n) is 2.53. The normalized spacial score (nSPS) is 10.1. The molecule has 0 unspecified atom stereocenters. The van der Waals surface area contributed by atoms with E-state index in [4.69, 9.17) is 0 Å². The number of rotatable bonds is 3. The number of hydrogen-bond acceptors (Lipinski definition) is 5. The molecule has 1 N–H and O–H groups in total. The van der Waals surface area contributed by atoms with Crippen molar-refractivity contribution in [2.24, 2.45) is 0 Å². The molecule has 0 radical (unpaired) electrons. The van der Waals surface area contributed by atoms with Crippen LogP contribution < -0.4 is 5.32 Å². The van der Waals surface area contributed by atoms with Crippen LogP contribution in [0.1, 0.15) is 0 Å². The Balaban J connectivity index is 2.17. The average molecular weight is 223 g/mol. The molecule has 2 heterocycles. The smallest absolute Gasteiger partial charge is 0.145 e. The second-order valence-corrected chi connectivity index (χ2v) is 4.80. The molecule has 3 nitrogen and oxygen atoms in total. The van der Waals surface area contributed by atoms with Gasteiger partial charge in [0, 0.05) is 7.05 Å². The van der Waals surface area contributed by atoms with Gasteiger partial charge in [0.15, 0.2) is 0 Å². The molecule has 2 rings (SSSR count). The van der Waals surface area contributed by atoms with E-state index in [1.165, 1.54) is 4.21 Å². The summed E-state index contributed by atoms with van der Waals surface area (Å²) in [5, 5.41) is 5.93. The molecule has 0 saturated heterocycles. The monoisotopic (exact) mass is 223 g/mol. The second kappa shape index (κ2) is 4.43. The van der Waals surface area contributed by atoms with Crippen molar-refractivity contribution >= 4 is 28.9 Å². The minimum absolute atomic E-state index is 0.798. The van der Waals surface area contributed by atoms with E-state index in [1.54, 1.807) is 35.5 Å². The van der Waals surface area contributed by atoms with Crippen molar-refractivity contribution in [2.75, 3.05) is 12.4 Å². The van der Waals surface area contributed by atoms with E-state index in [9.17, 15) is 0 Å². The van der Waals surface area contributed by atoms with Crippen molar-refractivity contribution < 1.29 is 0 Å². The molecule has 0 saturated carbocycles. The third kappa shape index (κ3) is 2.24. The number of aromatic nitrogens is 2. The summed E-state index contributed by atoms with van der Waals surface area (Å²) in [5.41, 5.74) is 0. The number of anilines is 1. The standard InChI is InChI=1S/C9H9N3S2/c1-10-7-5-11-6-8(12-7)14-9-3-2-4-13-9/h2-6H,1H3,(H,10,12). The first-order valence-corrected chi connectivity index (χ1v) is 5.79. The van der Waals surface area contributed by atoms with Gasteiger partial charge in [-0.1, -0.05) is 17.8 Å². The predicted molar refractivity (Wildman–Crippen MR) is 60.0 cm³/mol. The molecule has 0 aromatic carbocycles. The Hall–Kier alpha value is -1.07. The molecular weight excluding hydrogens is 214 g/mol. The Bertz CT molecular complexity index is 400. The van der Waals surface area contributed by atoms with Crippen LogP contribution in [0, 0.1) is 0 Å². The highest BCUT2D eigenvalue weighted by Gasteiger charge is 2.00. The quantitative estimate of drug-likeness (QED) is 0.868. The number of nitrogens with one attached hydrogen (secondary N) is 1. The first-order chi connectivity index (χ1) is 6.88. The van der Waals surface area contributed by atoms with Crippen molar-refractivity contribution in [3.63, 3.8) is 0 Å². The molecule has 0 amide bonds. The third-order valence-electron chi connectivity index (χ3n) is 1.57. The van der Waals surface area contributed by atoms with Gasteiger partial charge >= 0.3 is 0 Å². The maximum Gasteiger partial charge on any atom is 0.145 e. The van der Waals surface area contributed by atoms with Crippen molar-refractivity contribution in [3.8, 4) is 0 Å². The molecular formula is C9H9N3S2. The fraction of sp³-hybridized carbons (Fsp3) is 0.111. The number of thiophene rings is 1. The Morgan fingerprint density at radius 1 is 1.43 bits per heavy atom. The van der Waals surface area contributed by atoms with Crippen molar-refractivity contribution in [1.82, 2.24) is 9.97 Å². The minimum Gasteiger partial charge on any atom is -0.372 e. The van der Waals surface area contributed by atoms with Crippen LogP contribution in [0.15, 0.2) is 39.1 Å². The van der Waals surface area contributed by atoms with E-state index in [2.05, 4.69) is 26.7 Å². The van der Waals surface area contributed by atoms with Gasteiger partial charge in [0.1, 0.15) is 10.8 Å². The van der Waals surface area contributed by atoms with E-state index in [0.29, 0.717) is 0 Å². The molecule has 0 aliphatic carbocycles. The fourth-order valence-electron chi connectivity index (χ4n) is 0.942. The van der Waals surface area contributed by atoms with E-state index in [-0.39, 0.29) is 0 Å². The zero-order valence-electron chi connectivity index (χ0n) is 7.60. The topological polar surface area (TPSA) is 37.8 Å². The van der Waals surface area contributed by atoms with Crippen LogP contribution in [-0.4, -0.2) is 17.0 Å². The summed E-state index contributed by atoms with van der Waals surface area (Å²) in [5.74, 6) is 0.798. The van der Waals surface area contributed by atoms with Crippen LogP contribution in [0.25, 0.3) is 0 Å². The fourth-order valence-corrected chi connectivity index (χ4v) is 2.62. The summed E-state index contributed by atoms with van der Waals surface area (Å²) in [6, 6.07) is 4.10. The summed E-state index contributed by atoms with van der Waals surface area (Å²) in [7, 11) is 1.84. The zero-order valence-corrected chi connectivity index (χ0v) is 9.23. The lowest BCUT2D eigenvalue weighted by Gasteiger charge is -2.00. The van der Waals surface area contributed by atoms with Gasteiger partial charge in [-0.3, -0.25) is 4.98 Å². The van der Waals surface area contributed by atoms with Crippen molar-refractivity contribution in [3.05, 3.63) is 29.9 Å². The van der Waals surface area contributed by atoms with E-state index < -0.39 is 0 Å². The van der Waals surface area contributed by atoms with Crippen LogP contribution in [0.4, 0.5) is 5.82 Å². The van der Waals surface area contributed by atoms with Crippen LogP contribution in [0.3, 0.4) is 0 Å². The average Bonchev–Trinajstić information content (AvgIpc) is 2.71. The largest absolute Gasteiger partial charge is 0.372 e. The molecule has 0 fully saturated rings. The highest BCUT2D eigenvalue weighted by atomic mass is 32.2. The van der Waals surface area contributed by atoms with E-state index >= 15 is 0 Å². The van der Waals surface area contributed by atoms with Gasteiger partial charge in [-0.2, -0.15) is 0 Å². The highest BCUT2D eigenvalue weighted by molar-refractivity contribution is 8.01. The summed E-state index contributed by atoms with van der Waals surface area (Å²) < 4.78 is 1.23. The van der Waals surface area contributed by atoms with Gasteiger partial charge in [-0.05, 0) is 11.4 Å². The van der Waals surface area contributed by atoms with Gasteiger partial charge in [0.2, 0.25) is 0 Å².